The van der Waals surface area contributed by atoms with Crippen LogP contribution in [0.2, 0.25) is 0 Å². The van der Waals surface area contributed by atoms with Gasteiger partial charge in [-0.25, -0.2) is 13.2 Å². The highest BCUT2D eigenvalue weighted by atomic mass is 19.4. The Morgan fingerprint density at radius 1 is 0.909 bits per heavy atom. The number of carbonyl (C=O) groups is 1. The third-order valence-electron chi connectivity index (χ3n) is 4.95. The lowest BCUT2D eigenvalue weighted by Gasteiger charge is -2.12. The van der Waals surface area contributed by atoms with Gasteiger partial charge in [-0.1, -0.05) is 12.1 Å². The van der Waals surface area contributed by atoms with Crippen LogP contribution in [-0.4, -0.2) is 17.4 Å². The van der Waals surface area contributed by atoms with Crippen LogP contribution >= 0.6 is 0 Å². The molecule has 1 amide bonds. The van der Waals surface area contributed by atoms with E-state index in [1.165, 1.54) is 54.1 Å². The van der Waals surface area contributed by atoms with Crippen LogP contribution < -0.4 is 10.1 Å². The summed E-state index contributed by atoms with van der Waals surface area (Å²) >= 11 is 0. The summed E-state index contributed by atoms with van der Waals surface area (Å²) in [4.78, 5) is 12.2. The molecule has 0 radical (unpaired) electrons. The minimum atomic E-state index is -4.63. The number of anilines is 1. The lowest BCUT2D eigenvalue weighted by atomic mass is 10.1. The number of hydrogen-bond acceptors (Lipinski definition) is 2. The zero-order chi connectivity index (χ0) is 23.9. The van der Waals surface area contributed by atoms with E-state index in [-0.39, 0.29) is 23.0 Å². The number of carbonyl (C=O) groups excluding carboxylic acids is 1. The van der Waals surface area contributed by atoms with Crippen molar-refractivity contribution in [1.29, 1.82) is 0 Å². The van der Waals surface area contributed by atoms with Crippen LogP contribution in [-0.2, 0) is 6.18 Å². The lowest BCUT2D eigenvalue weighted by molar-refractivity contribution is -0.137. The van der Waals surface area contributed by atoms with E-state index < -0.39 is 40.7 Å². The number of ether oxygens (including phenoxy) is 1. The second-order valence-corrected chi connectivity index (χ2v) is 7.05. The van der Waals surface area contributed by atoms with Crippen molar-refractivity contribution < 1.29 is 35.9 Å². The van der Waals surface area contributed by atoms with Gasteiger partial charge in [0, 0.05) is 17.3 Å². The van der Waals surface area contributed by atoms with Crippen molar-refractivity contribution in [3.05, 3.63) is 89.4 Å². The average molecular weight is 464 g/mol. The maximum atomic E-state index is 13.8. The zero-order valence-electron chi connectivity index (χ0n) is 16.8. The van der Waals surface area contributed by atoms with E-state index in [1.54, 1.807) is 0 Å². The molecule has 0 atom stereocenters. The van der Waals surface area contributed by atoms with Gasteiger partial charge in [-0.05, 0) is 42.0 Å². The number of aromatic nitrogens is 1. The Kier molecular flexibility index (Phi) is 5.52. The molecule has 0 unspecified atom stereocenters. The Bertz CT molecular complexity index is 1360. The second-order valence-electron chi connectivity index (χ2n) is 7.05. The number of halogens is 6. The van der Waals surface area contributed by atoms with Gasteiger partial charge in [0.15, 0.2) is 11.6 Å². The molecule has 4 rings (SSSR count). The fourth-order valence-corrected chi connectivity index (χ4v) is 3.39. The summed E-state index contributed by atoms with van der Waals surface area (Å²) in [7, 11) is 1.39. The first-order valence-electron chi connectivity index (χ1n) is 9.41. The van der Waals surface area contributed by atoms with Crippen LogP contribution in [0.15, 0.2) is 60.8 Å². The Morgan fingerprint density at radius 3 is 2.21 bits per heavy atom. The summed E-state index contributed by atoms with van der Waals surface area (Å²) in [6, 6.07) is 10.0. The number of hydrogen-bond donors (Lipinski definition) is 1. The average Bonchev–Trinajstić information content (AvgIpc) is 3.16. The molecule has 10 heteroatoms. The van der Waals surface area contributed by atoms with Crippen LogP contribution in [0.1, 0.15) is 15.9 Å². The van der Waals surface area contributed by atoms with Crippen molar-refractivity contribution in [3.63, 3.8) is 0 Å². The molecule has 2 aromatic carbocycles. The number of fused-ring (bicyclic) bond motifs is 1. The first kappa shape index (κ1) is 22.3. The molecule has 0 aliphatic rings. The lowest BCUT2D eigenvalue weighted by Crippen LogP contribution is -2.14. The summed E-state index contributed by atoms with van der Waals surface area (Å²) < 4.78 is 87.8. The number of pyridine rings is 1. The number of methoxy groups -OCH3 is 1. The van der Waals surface area contributed by atoms with Gasteiger partial charge in [0.1, 0.15) is 11.6 Å². The van der Waals surface area contributed by atoms with Gasteiger partial charge in [-0.3, -0.25) is 4.79 Å². The van der Waals surface area contributed by atoms with Gasteiger partial charge in [-0.15, -0.1) is 0 Å². The first-order valence-corrected chi connectivity index (χ1v) is 9.41. The molecule has 2 heterocycles. The highest BCUT2D eigenvalue weighted by Gasteiger charge is 2.36. The predicted molar refractivity (Wildman–Crippen MR) is 109 cm³/mol. The topological polar surface area (TPSA) is 42.7 Å². The molecular formula is C23H14F6N2O2. The van der Waals surface area contributed by atoms with Gasteiger partial charge in [0.25, 0.3) is 5.91 Å². The molecule has 0 fully saturated rings. The predicted octanol–water partition coefficient (Wildman–Crippen LogP) is 6.30. The minimum absolute atomic E-state index is 0.111. The molecule has 0 bridgehead atoms. The van der Waals surface area contributed by atoms with E-state index in [0.717, 1.165) is 6.07 Å². The van der Waals surface area contributed by atoms with Crippen LogP contribution in [0, 0.1) is 17.5 Å². The fourth-order valence-electron chi connectivity index (χ4n) is 3.39. The van der Waals surface area contributed by atoms with E-state index >= 15 is 0 Å². The zero-order valence-corrected chi connectivity index (χ0v) is 16.8. The van der Waals surface area contributed by atoms with Gasteiger partial charge >= 0.3 is 6.18 Å². The van der Waals surface area contributed by atoms with E-state index in [2.05, 4.69) is 5.32 Å². The Hall–Kier alpha value is -3.95. The molecule has 0 spiro atoms. The standard InChI is InChI=1S/C23H14F6N2O2/c1-33-15-7-6-14-8-17(23(27,28)29)21(31(14)11-15)12-2-4-13(5-3-12)30-22(32)16-9-19(25)20(26)10-18(16)24/h2-11H,1H3,(H,30,32). The quantitative estimate of drug-likeness (QED) is 0.284. The molecular weight excluding hydrogens is 450 g/mol. The number of nitrogens with one attached hydrogen (secondary N) is 1. The number of benzene rings is 2. The molecule has 1 N–H and O–H groups in total. The number of alkyl halides is 3. The van der Waals surface area contributed by atoms with Crippen molar-refractivity contribution in [1.82, 2.24) is 4.40 Å². The Balaban J connectivity index is 1.70. The van der Waals surface area contributed by atoms with Gasteiger partial charge < -0.3 is 14.5 Å². The monoisotopic (exact) mass is 464 g/mol. The normalized spacial score (nSPS) is 11.6. The molecule has 4 nitrogen and oxygen atoms in total. The number of nitrogens with zero attached hydrogens (tertiary/aromatic N) is 1. The summed E-state index contributed by atoms with van der Waals surface area (Å²) in [5, 5.41) is 2.30. The molecule has 0 aliphatic heterocycles. The van der Waals surface area contributed by atoms with E-state index in [0.29, 0.717) is 17.3 Å². The van der Waals surface area contributed by atoms with Crippen LogP contribution in [0.3, 0.4) is 0 Å². The van der Waals surface area contributed by atoms with Crippen LogP contribution in [0.25, 0.3) is 16.8 Å². The van der Waals surface area contributed by atoms with E-state index in [9.17, 15) is 31.1 Å². The van der Waals surface area contributed by atoms with E-state index in [4.69, 9.17) is 4.74 Å². The third-order valence-corrected chi connectivity index (χ3v) is 4.95. The Labute approximate surface area is 183 Å². The maximum Gasteiger partial charge on any atom is 0.418 e. The molecule has 0 aliphatic carbocycles. The van der Waals surface area contributed by atoms with Gasteiger partial charge in [-0.2, -0.15) is 13.2 Å². The molecule has 2 aromatic heterocycles. The molecule has 0 saturated heterocycles. The van der Waals surface area contributed by atoms with Crippen molar-refractivity contribution in [2.75, 3.05) is 12.4 Å². The Morgan fingerprint density at radius 2 is 1.58 bits per heavy atom. The van der Waals surface area contributed by atoms with Crippen molar-refractivity contribution in [2.45, 2.75) is 6.18 Å². The minimum Gasteiger partial charge on any atom is -0.495 e. The van der Waals surface area contributed by atoms with Crippen molar-refractivity contribution in [2.24, 2.45) is 0 Å². The summed E-state index contributed by atoms with van der Waals surface area (Å²) in [5.74, 6) is -4.79. The molecule has 33 heavy (non-hydrogen) atoms. The van der Waals surface area contributed by atoms with Crippen molar-refractivity contribution in [3.8, 4) is 17.0 Å². The summed E-state index contributed by atoms with van der Waals surface area (Å²) in [5.41, 5.74) is -1.13. The smallest absolute Gasteiger partial charge is 0.418 e. The number of amides is 1. The van der Waals surface area contributed by atoms with Crippen LogP contribution in [0.4, 0.5) is 32.0 Å². The second kappa shape index (κ2) is 8.19. The third kappa shape index (κ3) is 4.23. The van der Waals surface area contributed by atoms with Crippen molar-refractivity contribution >= 4 is 17.1 Å². The molecule has 4 aromatic rings. The summed E-state index contributed by atoms with van der Waals surface area (Å²) in [6.45, 7) is 0. The van der Waals surface area contributed by atoms with Gasteiger partial charge in [0.05, 0.1) is 30.1 Å². The first-order chi connectivity index (χ1) is 15.6. The summed E-state index contributed by atoms with van der Waals surface area (Å²) in [6.07, 6.45) is -3.22. The highest BCUT2D eigenvalue weighted by molar-refractivity contribution is 6.04. The SMILES string of the molecule is COc1ccc2cc(C(F)(F)F)c(-c3ccc(NC(=O)c4cc(F)c(F)cc4F)cc3)n2c1. The number of rotatable bonds is 4. The maximum absolute atomic E-state index is 13.8. The van der Waals surface area contributed by atoms with Gasteiger partial charge in [0.2, 0.25) is 0 Å². The largest absolute Gasteiger partial charge is 0.495 e. The fraction of sp³-hybridized carbons (Fsp3) is 0.0870. The molecule has 0 saturated carbocycles. The van der Waals surface area contributed by atoms with E-state index in [1.807, 2.05) is 0 Å². The van der Waals surface area contributed by atoms with Crippen LogP contribution in [0.5, 0.6) is 5.75 Å². The highest BCUT2D eigenvalue weighted by Crippen LogP contribution is 2.40. The molecule has 170 valence electrons.